The highest BCUT2D eigenvalue weighted by Crippen LogP contribution is 2.20. The smallest absolute Gasteiger partial charge is 0.306 e. The first kappa shape index (κ1) is 18.5. The summed E-state index contributed by atoms with van der Waals surface area (Å²) in [5, 5.41) is 2.79. The van der Waals surface area contributed by atoms with Crippen LogP contribution in [0.15, 0.2) is 42.5 Å². The third-order valence-corrected chi connectivity index (χ3v) is 3.90. The van der Waals surface area contributed by atoms with Crippen LogP contribution in [-0.2, 0) is 20.7 Å². The standard InChI is InChI=1S/C20H23NO4/c1-14-7-6-8-15(2)20(14)21-18(22)13-25-19(23)12-11-16-9-4-5-10-17(16)24-3/h4-10H,11-13H2,1-3H3,(H,21,22). The average molecular weight is 341 g/mol. The highest BCUT2D eigenvalue weighted by atomic mass is 16.5. The first-order valence-corrected chi connectivity index (χ1v) is 8.15. The summed E-state index contributed by atoms with van der Waals surface area (Å²) in [5.41, 5.74) is 3.63. The molecule has 0 atom stereocenters. The van der Waals surface area contributed by atoms with Crippen molar-refractivity contribution in [3.8, 4) is 5.75 Å². The van der Waals surface area contributed by atoms with Crippen LogP contribution in [0.25, 0.3) is 0 Å². The van der Waals surface area contributed by atoms with Gasteiger partial charge in [0.15, 0.2) is 6.61 Å². The van der Waals surface area contributed by atoms with Gasteiger partial charge in [0.05, 0.1) is 7.11 Å². The number of carbonyl (C=O) groups excluding carboxylic acids is 2. The maximum atomic E-state index is 12.0. The Morgan fingerprint density at radius 3 is 2.36 bits per heavy atom. The first-order chi connectivity index (χ1) is 12.0. The van der Waals surface area contributed by atoms with Crippen molar-refractivity contribution in [2.75, 3.05) is 19.0 Å². The van der Waals surface area contributed by atoms with E-state index in [-0.39, 0.29) is 18.9 Å². The highest BCUT2D eigenvalue weighted by molar-refractivity contribution is 5.94. The van der Waals surface area contributed by atoms with Crippen LogP contribution in [-0.4, -0.2) is 25.6 Å². The number of methoxy groups -OCH3 is 1. The van der Waals surface area contributed by atoms with E-state index in [9.17, 15) is 9.59 Å². The van der Waals surface area contributed by atoms with Crippen LogP contribution in [0.1, 0.15) is 23.1 Å². The molecule has 5 heteroatoms. The van der Waals surface area contributed by atoms with E-state index in [0.717, 1.165) is 28.1 Å². The molecule has 5 nitrogen and oxygen atoms in total. The molecule has 0 saturated carbocycles. The molecular formula is C20H23NO4. The number of esters is 1. The minimum absolute atomic E-state index is 0.192. The van der Waals surface area contributed by atoms with Crippen LogP contribution in [0.2, 0.25) is 0 Å². The largest absolute Gasteiger partial charge is 0.496 e. The Kier molecular flexibility index (Phi) is 6.57. The summed E-state index contributed by atoms with van der Waals surface area (Å²) in [5.74, 6) is -0.0197. The summed E-state index contributed by atoms with van der Waals surface area (Å²) in [6.07, 6.45) is 0.693. The van der Waals surface area contributed by atoms with Gasteiger partial charge < -0.3 is 14.8 Å². The number of para-hydroxylation sites is 2. The molecule has 0 heterocycles. The van der Waals surface area contributed by atoms with E-state index in [0.29, 0.717) is 6.42 Å². The van der Waals surface area contributed by atoms with Gasteiger partial charge in [-0.15, -0.1) is 0 Å². The molecule has 0 aliphatic carbocycles. The van der Waals surface area contributed by atoms with Gasteiger partial charge in [0.25, 0.3) is 5.91 Å². The van der Waals surface area contributed by atoms with Crippen LogP contribution in [0.5, 0.6) is 5.75 Å². The number of benzene rings is 2. The van der Waals surface area contributed by atoms with Crippen LogP contribution in [0, 0.1) is 13.8 Å². The Balaban J connectivity index is 1.80. The number of amides is 1. The third-order valence-electron chi connectivity index (χ3n) is 3.90. The second-order valence-electron chi connectivity index (χ2n) is 5.79. The molecule has 0 bridgehead atoms. The third kappa shape index (κ3) is 5.35. The lowest BCUT2D eigenvalue weighted by atomic mass is 10.1. The number of ether oxygens (including phenoxy) is 2. The molecule has 0 aromatic heterocycles. The monoisotopic (exact) mass is 341 g/mol. The van der Waals surface area contributed by atoms with E-state index < -0.39 is 5.97 Å². The molecule has 2 rings (SSSR count). The minimum Gasteiger partial charge on any atom is -0.496 e. The molecule has 2 aromatic rings. The van der Waals surface area contributed by atoms with E-state index >= 15 is 0 Å². The second kappa shape index (κ2) is 8.87. The van der Waals surface area contributed by atoms with Crippen molar-refractivity contribution in [1.82, 2.24) is 0 Å². The number of aryl methyl sites for hydroxylation is 3. The van der Waals surface area contributed by atoms with Gasteiger partial charge in [-0.25, -0.2) is 0 Å². The predicted octanol–water partition coefficient (Wildman–Crippen LogP) is 3.43. The Bertz CT molecular complexity index is 735. The summed E-state index contributed by atoms with van der Waals surface area (Å²) in [4.78, 5) is 23.9. The molecule has 132 valence electrons. The summed E-state index contributed by atoms with van der Waals surface area (Å²) in [6.45, 7) is 3.54. The van der Waals surface area contributed by atoms with E-state index in [1.807, 2.05) is 56.3 Å². The number of nitrogens with one attached hydrogen (secondary N) is 1. The van der Waals surface area contributed by atoms with Crippen LogP contribution < -0.4 is 10.1 Å². The fourth-order valence-corrected chi connectivity index (χ4v) is 2.55. The maximum Gasteiger partial charge on any atom is 0.306 e. The van der Waals surface area contributed by atoms with Crippen molar-refractivity contribution in [2.45, 2.75) is 26.7 Å². The molecule has 25 heavy (non-hydrogen) atoms. The van der Waals surface area contributed by atoms with E-state index in [2.05, 4.69) is 5.32 Å². The molecular weight excluding hydrogens is 318 g/mol. The molecule has 0 spiro atoms. The van der Waals surface area contributed by atoms with E-state index in [1.54, 1.807) is 7.11 Å². The number of hydrogen-bond acceptors (Lipinski definition) is 4. The molecule has 0 fully saturated rings. The van der Waals surface area contributed by atoms with Gasteiger partial charge in [-0.2, -0.15) is 0 Å². The quantitative estimate of drug-likeness (QED) is 0.784. The summed E-state index contributed by atoms with van der Waals surface area (Å²) < 4.78 is 10.3. The molecule has 0 aliphatic rings. The van der Waals surface area contributed by atoms with Gasteiger partial charge >= 0.3 is 5.97 Å². The second-order valence-corrected chi connectivity index (χ2v) is 5.79. The fraction of sp³-hybridized carbons (Fsp3) is 0.300. The van der Waals surface area contributed by atoms with Gasteiger partial charge in [0.1, 0.15) is 5.75 Å². The molecule has 0 aliphatic heterocycles. The van der Waals surface area contributed by atoms with Gasteiger partial charge in [0.2, 0.25) is 0 Å². The lowest BCUT2D eigenvalue weighted by Gasteiger charge is -2.12. The maximum absolute atomic E-state index is 12.0. The lowest BCUT2D eigenvalue weighted by molar-refractivity contribution is -0.147. The molecule has 0 unspecified atom stereocenters. The van der Waals surface area contributed by atoms with Crippen molar-refractivity contribution < 1.29 is 19.1 Å². The van der Waals surface area contributed by atoms with Crippen LogP contribution >= 0.6 is 0 Å². The number of rotatable bonds is 7. The summed E-state index contributed by atoms with van der Waals surface area (Å²) in [7, 11) is 1.59. The van der Waals surface area contributed by atoms with Gasteiger partial charge in [-0.1, -0.05) is 36.4 Å². The van der Waals surface area contributed by atoms with Crippen molar-refractivity contribution in [3.63, 3.8) is 0 Å². The lowest BCUT2D eigenvalue weighted by Crippen LogP contribution is -2.22. The minimum atomic E-state index is -0.414. The SMILES string of the molecule is COc1ccccc1CCC(=O)OCC(=O)Nc1c(C)cccc1C. The molecule has 0 saturated heterocycles. The first-order valence-electron chi connectivity index (χ1n) is 8.15. The Labute approximate surface area is 148 Å². The summed E-state index contributed by atoms with van der Waals surface area (Å²) >= 11 is 0. The van der Waals surface area contributed by atoms with Crippen LogP contribution in [0.3, 0.4) is 0 Å². The molecule has 1 amide bonds. The predicted molar refractivity (Wildman–Crippen MR) is 96.8 cm³/mol. The van der Waals surface area contributed by atoms with Crippen molar-refractivity contribution in [3.05, 3.63) is 59.2 Å². The zero-order valence-electron chi connectivity index (χ0n) is 14.8. The topological polar surface area (TPSA) is 64.6 Å². The van der Waals surface area contributed by atoms with E-state index in [4.69, 9.17) is 9.47 Å². The molecule has 2 aromatic carbocycles. The zero-order valence-corrected chi connectivity index (χ0v) is 14.8. The summed E-state index contributed by atoms with van der Waals surface area (Å²) in [6, 6.07) is 13.3. The fourth-order valence-electron chi connectivity index (χ4n) is 2.55. The average Bonchev–Trinajstić information content (AvgIpc) is 2.61. The Morgan fingerprint density at radius 2 is 1.68 bits per heavy atom. The zero-order chi connectivity index (χ0) is 18.2. The van der Waals surface area contributed by atoms with E-state index in [1.165, 1.54) is 0 Å². The van der Waals surface area contributed by atoms with Crippen molar-refractivity contribution in [1.29, 1.82) is 0 Å². The Morgan fingerprint density at radius 1 is 1.00 bits per heavy atom. The van der Waals surface area contributed by atoms with Crippen LogP contribution in [0.4, 0.5) is 5.69 Å². The highest BCUT2D eigenvalue weighted by Gasteiger charge is 2.11. The Hall–Kier alpha value is -2.82. The number of carbonyl (C=O) groups is 2. The number of anilines is 1. The van der Waals surface area contributed by atoms with Crippen molar-refractivity contribution >= 4 is 17.6 Å². The van der Waals surface area contributed by atoms with Gasteiger partial charge in [-0.05, 0) is 43.0 Å². The molecule has 0 radical (unpaired) electrons. The normalized spacial score (nSPS) is 10.2. The van der Waals surface area contributed by atoms with Crippen molar-refractivity contribution in [2.24, 2.45) is 0 Å². The number of hydrogen-bond donors (Lipinski definition) is 1. The molecule has 1 N–H and O–H groups in total. The van der Waals surface area contributed by atoms with Gasteiger partial charge in [-0.3, -0.25) is 9.59 Å². The van der Waals surface area contributed by atoms with Gasteiger partial charge in [0, 0.05) is 12.1 Å².